The molecular weight excluding hydrogens is 487 g/mol. The van der Waals surface area contributed by atoms with Crippen LogP contribution >= 0.6 is 15.9 Å². The number of hydrogen-bond donors (Lipinski definition) is 3. The lowest BCUT2D eigenvalue weighted by atomic mass is 9.91. The number of nitrogens with one attached hydrogen (secondary N) is 2. The van der Waals surface area contributed by atoms with Crippen molar-refractivity contribution in [2.24, 2.45) is 11.3 Å². The highest BCUT2D eigenvalue weighted by atomic mass is 79.9. The summed E-state index contributed by atoms with van der Waals surface area (Å²) in [5, 5.41) is 16.8. The van der Waals surface area contributed by atoms with Gasteiger partial charge in [0.05, 0.1) is 16.6 Å². The van der Waals surface area contributed by atoms with Gasteiger partial charge in [0, 0.05) is 18.0 Å². The summed E-state index contributed by atoms with van der Waals surface area (Å²) in [6.45, 7) is 8.69. The Morgan fingerprint density at radius 1 is 1.12 bits per heavy atom. The molecule has 0 heterocycles. The standard InChI is InChI=1S/C26H34BrFN2O3/c1-17(24(32)29-13-12-26(2,3)4)14-23(31)22(15-18-8-6-5-7-9-18)30-25(33)19-10-11-21(28)20(27)16-19/h5-11,16-17,22-23,31H,12-15H2,1-4H3,(H,29,32)(H,30,33)/t17-,22+,23-/m1/s1. The van der Waals surface area contributed by atoms with E-state index in [-0.39, 0.29) is 27.8 Å². The van der Waals surface area contributed by atoms with E-state index < -0.39 is 29.8 Å². The van der Waals surface area contributed by atoms with Crippen molar-refractivity contribution in [3.8, 4) is 0 Å². The maximum absolute atomic E-state index is 13.6. The highest BCUT2D eigenvalue weighted by Gasteiger charge is 2.27. The van der Waals surface area contributed by atoms with Crippen LogP contribution in [0, 0.1) is 17.2 Å². The van der Waals surface area contributed by atoms with Crippen molar-refractivity contribution in [1.82, 2.24) is 10.6 Å². The summed E-state index contributed by atoms with van der Waals surface area (Å²) in [4.78, 5) is 25.3. The zero-order valence-electron chi connectivity index (χ0n) is 19.7. The van der Waals surface area contributed by atoms with Crippen molar-refractivity contribution in [2.75, 3.05) is 6.54 Å². The molecule has 3 atom stereocenters. The van der Waals surface area contributed by atoms with E-state index in [1.165, 1.54) is 18.2 Å². The van der Waals surface area contributed by atoms with Gasteiger partial charge in [-0.05, 0) is 64.4 Å². The monoisotopic (exact) mass is 520 g/mol. The topological polar surface area (TPSA) is 78.4 Å². The molecule has 3 N–H and O–H groups in total. The van der Waals surface area contributed by atoms with Gasteiger partial charge in [-0.25, -0.2) is 4.39 Å². The summed E-state index contributed by atoms with van der Waals surface area (Å²) in [5.74, 6) is -1.42. The van der Waals surface area contributed by atoms with Gasteiger partial charge < -0.3 is 15.7 Å². The molecule has 2 aromatic rings. The minimum atomic E-state index is -0.943. The van der Waals surface area contributed by atoms with Crippen LogP contribution in [-0.4, -0.2) is 35.6 Å². The number of amides is 2. The quantitative estimate of drug-likeness (QED) is 0.418. The third kappa shape index (κ3) is 9.26. The van der Waals surface area contributed by atoms with Crippen molar-refractivity contribution in [1.29, 1.82) is 0 Å². The maximum atomic E-state index is 13.6. The largest absolute Gasteiger partial charge is 0.391 e. The molecular formula is C26H34BrFN2O3. The number of aliphatic hydroxyl groups excluding tert-OH is 1. The molecule has 0 saturated carbocycles. The highest BCUT2D eigenvalue weighted by molar-refractivity contribution is 9.10. The fourth-order valence-corrected chi connectivity index (χ4v) is 3.79. The lowest BCUT2D eigenvalue weighted by Gasteiger charge is -2.27. The van der Waals surface area contributed by atoms with E-state index in [9.17, 15) is 19.1 Å². The second-order valence-corrected chi connectivity index (χ2v) is 10.6. The first kappa shape index (κ1) is 27.0. The molecule has 180 valence electrons. The summed E-state index contributed by atoms with van der Waals surface area (Å²) in [6.07, 6.45) is 0.510. The number of benzene rings is 2. The first-order valence-corrected chi connectivity index (χ1v) is 12.0. The van der Waals surface area contributed by atoms with Crippen LogP contribution in [0.5, 0.6) is 0 Å². The van der Waals surface area contributed by atoms with Gasteiger partial charge >= 0.3 is 0 Å². The summed E-state index contributed by atoms with van der Waals surface area (Å²) in [7, 11) is 0. The van der Waals surface area contributed by atoms with E-state index in [0.717, 1.165) is 12.0 Å². The third-order valence-corrected chi connectivity index (χ3v) is 6.09. The average Bonchev–Trinajstić information content (AvgIpc) is 2.74. The number of carbonyl (C=O) groups excluding carboxylic acids is 2. The molecule has 0 aliphatic carbocycles. The third-order valence-electron chi connectivity index (χ3n) is 5.48. The first-order valence-electron chi connectivity index (χ1n) is 11.2. The molecule has 0 aliphatic heterocycles. The molecule has 0 aromatic heterocycles. The van der Waals surface area contributed by atoms with Crippen LogP contribution < -0.4 is 10.6 Å². The fourth-order valence-electron chi connectivity index (χ4n) is 3.41. The van der Waals surface area contributed by atoms with Crippen LogP contribution in [0.1, 0.15) is 56.5 Å². The Kier molecular flexibility index (Phi) is 10.0. The Labute approximate surface area is 204 Å². The molecule has 0 aliphatic rings. The zero-order valence-corrected chi connectivity index (χ0v) is 21.3. The van der Waals surface area contributed by atoms with Crippen LogP contribution in [0.2, 0.25) is 0 Å². The van der Waals surface area contributed by atoms with Gasteiger partial charge in [-0.2, -0.15) is 0 Å². The van der Waals surface area contributed by atoms with Crippen LogP contribution in [-0.2, 0) is 11.2 Å². The van der Waals surface area contributed by atoms with Gasteiger partial charge in [-0.15, -0.1) is 0 Å². The minimum Gasteiger partial charge on any atom is -0.391 e. The van der Waals surface area contributed by atoms with Crippen molar-refractivity contribution in [2.45, 2.75) is 59.1 Å². The number of hydrogen-bond acceptors (Lipinski definition) is 3. The fraction of sp³-hybridized carbons (Fsp3) is 0.462. The maximum Gasteiger partial charge on any atom is 0.251 e. The summed E-state index contributed by atoms with van der Waals surface area (Å²) in [5.41, 5.74) is 1.35. The van der Waals surface area contributed by atoms with Crippen molar-refractivity contribution < 1.29 is 19.1 Å². The summed E-state index contributed by atoms with van der Waals surface area (Å²) < 4.78 is 13.7. The lowest BCUT2D eigenvalue weighted by molar-refractivity contribution is -0.125. The second kappa shape index (κ2) is 12.3. The van der Waals surface area contributed by atoms with Crippen molar-refractivity contribution >= 4 is 27.7 Å². The SMILES string of the molecule is C[C@H](C[C@@H](O)[C@H](Cc1ccccc1)NC(=O)c1ccc(F)c(Br)c1)C(=O)NCCC(C)(C)C. The Balaban J connectivity index is 2.07. The van der Waals surface area contributed by atoms with Gasteiger partial charge in [-0.1, -0.05) is 58.0 Å². The molecule has 7 heteroatoms. The van der Waals surface area contributed by atoms with E-state index in [1.807, 2.05) is 30.3 Å². The van der Waals surface area contributed by atoms with Crippen LogP contribution in [0.15, 0.2) is 53.0 Å². The normalized spacial score (nSPS) is 14.3. The Morgan fingerprint density at radius 2 is 1.79 bits per heavy atom. The molecule has 2 rings (SSSR count). The molecule has 2 aromatic carbocycles. The molecule has 0 spiro atoms. The van der Waals surface area contributed by atoms with E-state index in [0.29, 0.717) is 13.0 Å². The predicted molar refractivity (Wildman–Crippen MR) is 132 cm³/mol. The highest BCUT2D eigenvalue weighted by Crippen LogP contribution is 2.19. The number of carbonyl (C=O) groups is 2. The number of rotatable bonds is 10. The molecule has 0 saturated heterocycles. The molecule has 5 nitrogen and oxygen atoms in total. The van der Waals surface area contributed by atoms with Gasteiger partial charge in [-0.3, -0.25) is 9.59 Å². The van der Waals surface area contributed by atoms with Gasteiger partial charge in [0.1, 0.15) is 5.82 Å². The number of halogens is 2. The van der Waals surface area contributed by atoms with Gasteiger partial charge in [0.2, 0.25) is 5.91 Å². The smallest absolute Gasteiger partial charge is 0.251 e. The average molecular weight is 521 g/mol. The summed E-state index contributed by atoms with van der Waals surface area (Å²) >= 11 is 3.10. The Hall–Kier alpha value is -2.25. The molecule has 33 heavy (non-hydrogen) atoms. The van der Waals surface area contributed by atoms with Gasteiger partial charge in [0.15, 0.2) is 0 Å². The van der Waals surface area contributed by atoms with E-state index >= 15 is 0 Å². The molecule has 0 radical (unpaired) electrons. The molecule has 2 amide bonds. The van der Waals surface area contributed by atoms with Crippen LogP contribution in [0.4, 0.5) is 4.39 Å². The van der Waals surface area contributed by atoms with E-state index in [2.05, 4.69) is 47.3 Å². The van der Waals surface area contributed by atoms with E-state index in [4.69, 9.17) is 0 Å². The summed E-state index contributed by atoms with van der Waals surface area (Å²) in [6, 6.07) is 12.9. The van der Waals surface area contributed by atoms with Crippen molar-refractivity contribution in [3.05, 3.63) is 69.9 Å². The van der Waals surface area contributed by atoms with Crippen LogP contribution in [0.25, 0.3) is 0 Å². The zero-order chi connectivity index (χ0) is 24.6. The van der Waals surface area contributed by atoms with Gasteiger partial charge in [0.25, 0.3) is 5.91 Å². The molecule has 0 unspecified atom stereocenters. The number of aliphatic hydroxyl groups is 1. The Bertz CT molecular complexity index is 931. The predicted octanol–water partition coefficient (Wildman–Crippen LogP) is 4.87. The molecule has 0 bridgehead atoms. The first-order chi connectivity index (χ1) is 15.5. The molecule has 0 fully saturated rings. The van der Waals surface area contributed by atoms with Crippen molar-refractivity contribution in [3.63, 3.8) is 0 Å². The van der Waals surface area contributed by atoms with Crippen LogP contribution in [0.3, 0.4) is 0 Å². The second-order valence-electron chi connectivity index (χ2n) is 9.70. The minimum absolute atomic E-state index is 0.120. The Morgan fingerprint density at radius 3 is 2.39 bits per heavy atom. The lowest BCUT2D eigenvalue weighted by Crippen LogP contribution is -2.46. The van der Waals surface area contributed by atoms with E-state index in [1.54, 1.807) is 6.92 Å².